The van der Waals surface area contributed by atoms with Crippen LogP contribution in [0, 0.1) is 6.92 Å². The lowest BCUT2D eigenvalue weighted by Crippen LogP contribution is -2.65. The minimum Gasteiger partial charge on any atom is -0.269 e. The van der Waals surface area contributed by atoms with Gasteiger partial charge in [-0.05, 0) is 43.5 Å². The van der Waals surface area contributed by atoms with E-state index in [1.807, 2.05) is 26.0 Å². The monoisotopic (exact) mass is 504 g/mol. The molecule has 1 heterocycles. The Bertz CT molecular complexity index is 1240. The Morgan fingerprint density at radius 2 is 1.37 bits per heavy atom. The third-order valence-corrected chi connectivity index (χ3v) is 15.5. The van der Waals surface area contributed by atoms with Gasteiger partial charge in [0.25, 0.3) is 10.0 Å². The zero-order valence-electron chi connectivity index (χ0n) is 21.4. The van der Waals surface area contributed by atoms with Gasteiger partial charge >= 0.3 is 0 Å². The summed E-state index contributed by atoms with van der Waals surface area (Å²) in [5.74, 6) is 0.583. The number of hydrogen-bond acceptors (Lipinski definition) is 3. The summed E-state index contributed by atoms with van der Waals surface area (Å²) in [5.41, 5.74) is 1.04. The van der Waals surface area contributed by atoms with Gasteiger partial charge in [0.15, 0.2) is 0 Å². The number of hydrogen-bond donors (Lipinski definition) is 0. The van der Waals surface area contributed by atoms with Gasteiger partial charge in [-0.1, -0.05) is 110 Å². The smallest absolute Gasteiger partial charge is 0.265 e. The summed E-state index contributed by atoms with van der Waals surface area (Å²) >= 11 is 0. The molecule has 1 aliphatic heterocycles. The summed E-state index contributed by atoms with van der Waals surface area (Å²) in [6.45, 7) is 11.3. The Kier molecular flexibility index (Phi) is 7.07. The molecule has 0 amide bonds. The number of aliphatic imine (C=N–C) groups is 1. The van der Waals surface area contributed by atoms with Gasteiger partial charge in [-0.15, -0.1) is 0 Å². The van der Waals surface area contributed by atoms with E-state index in [4.69, 9.17) is 4.99 Å². The summed E-state index contributed by atoms with van der Waals surface area (Å²) in [5, 5.41) is 2.85. The quantitative estimate of drug-likeness (QED) is 0.431. The molecular formula is C29H36N2O2SSi. The minimum atomic E-state index is -3.61. The largest absolute Gasteiger partial charge is 0.269 e. The van der Waals surface area contributed by atoms with Crippen molar-refractivity contribution in [3.8, 4) is 0 Å². The zero-order chi connectivity index (χ0) is 25.3. The summed E-state index contributed by atoms with van der Waals surface area (Å²) in [4.78, 5) is 5.34. The van der Waals surface area contributed by atoms with Crippen LogP contribution in [0.25, 0.3) is 0 Å². The molecule has 0 spiro atoms. The molecule has 3 aromatic carbocycles. The molecule has 0 bridgehead atoms. The SMILES string of the molecule is CC1=NC(C[Si](c2ccccc2)(c2ccccc2)C(C)(C)C)CCN1S(=O)(=O)c1ccc(C)cc1. The van der Waals surface area contributed by atoms with Crippen molar-refractivity contribution < 1.29 is 8.42 Å². The molecule has 1 unspecified atom stereocenters. The van der Waals surface area contributed by atoms with Crippen LogP contribution in [0.4, 0.5) is 0 Å². The van der Waals surface area contributed by atoms with E-state index in [-0.39, 0.29) is 11.1 Å². The van der Waals surface area contributed by atoms with Gasteiger partial charge in [-0.3, -0.25) is 9.30 Å². The van der Waals surface area contributed by atoms with Gasteiger partial charge in [-0.2, -0.15) is 0 Å². The number of sulfonamides is 1. The van der Waals surface area contributed by atoms with E-state index in [1.165, 1.54) is 14.7 Å². The van der Waals surface area contributed by atoms with Crippen molar-refractivity contribution >= 4 is 34.3 Å². The Morgan fingerprint density at radius 3 is 1.83 bits per heavy atom. The fourth-order valence-electron chi connectivity index (χ4n) is 5.47. The van der Waals surface area contributed by atoms with Crippen LogP contribution >= 0.6 is 0 Å². The molecule has 0 radical (unpaired) electrons. The van der Waals surface area contributed by atoms with Crippen LogP contribution in [0.5, 0.6) is 0 Å². The van der Waals surface area contributed by atoms with E-state index >= 15 is 0 Å². The first-order chi connectivity index (χ1) is 16.6. The van der Waals surface area contributed by atoms with Crippen LogP contribution in [-0.2, 0) is 10.0 Å². The van der Waals surface area contributed by atoms with Crippen LogP contribution in [0.1, 0.15) is 39.7 Å². The van der Waals surface area contributed by atoms with Crippen molar-refractivity contribution in [1.29, 1.82) is 0 Å². The van der Waals surface area contributed by atoms with Gasteiger partial charge in [0.2, 0.25) is 0 Å². The van der Waals surface area contributed by atoms with Crippen LogP contribution in [0.15, 0.2) is 94.8 Å². The summed E-state index contributed by atoms with van der Waals surface area (Å²) in [7, 11) is -5.89. The fourth-order valence-corrected chi connectivity index (χ4v) is 12.6. The Hall–Kier alpha value is -2.70. The summed E-state index contributed by atoms with van der Waals surface area (Å²) in [6.07, 6.45) is 0.715. The van der Waals surface area contributed by atoms with E-state index in [9.17, 15) is 8.42 Å². The van der Waals surface area contributed by atoms with Crippen molar-refractivity contribution in [2.24, 2.45) is 4.99 Å². The van der Waals surface area contributed by atoms with Crippen molar-refractivity contribution in [3.63, 3.8) is 0 Å². The number of aryl methyl sites for hydroxylation is 1. The van der Waals surface area contributed by atoms with Crippen LogP contribution in [0.3, 0.4) is 0 Å². The van der Waals surface area contributed by atoms with Crippen molar-refractivity contribution in [3.05, 3.63) is 90.5 Å². The summed E-state index contributed by atoms with van der Waals surface area (Å²) in [6, 6.07) is 29.9. The second kappa shape index (κ2) is 9.74. The predicted octanol–water partition coefficient (Wildman–Crippen LogP) is 5.24. The maximum atomic E-state index is 13.4. The minimum absolute atomic E-state index is 0.0459. The Balaban J connectivity index is 1.73. The second-order valence-electron chi connectivity index (χ2n) is 10.6. The molecule has 1 aliphatic rings. The molecule has 0 saturated heterocycles. The van der Waals surface area contributed by atoms with Crippen molar-refractivity contribution in [1.82, 2.24) is 4.31 Å². The van der Waals surface area contributed by atoms with Crippen molar-refractivity contribution in [2.45, 2.75) is 63.1 Å². The molecular weight excluding hydrogens is 468 g/mol. The molecule has 0 aliphatic carbocycles. The van der Waals surface area contributed by atoms with E-state index in [1.54, 1.807) is 12.1 Å². The van der Waals surface area contributed by atoms with Crippen molar-refractivity contribution in [2.75, 3.05) is 6.54 Å². The van der Waals surface area contributed by atoms with E-state index < -0.39 is 18.1 Å². The average Bonchev–Trinajstić information content (AvgIpc) is 2.83. The second-order valence-corrected chi connectivity index (χ2v) is 17.3. The van der Waals surface area contributed by atoms with Gasteiger partial charge in [0, 0.05) is 6.54 Å². The first-order valence-electron chi connectivity index (χ1n) is 12.3. The van der Waals surface area contributed by atoms with Gasteiger partial charge in [-0.25, -0.2) is 8.42 Å². The molecule has 0 saturated carbocycles. The van der Waals surface area contributed by atoms with Gasteiger partial charge in [0.1, 0.15) is 13.9 Å². The van der Waals surface area contributed by atoms with Crippen LogP contribution < -0.4 is 10.4 Å². The highest BCUT2D eigenvalue weighted by Gasteiger charge is 2.49. The van der Waals surface area contributed by atoms with Gasteiger partial charge in [0.05, 0.1) is 10.9 Å². The molecule has 0 aromatic heterocycles. The lowest BCUT2D eigenvalue weighted by molar-refractivity contribution is 0.466. The van der Waals surface area contributed by atoms with E-state index in [2.05, 4.69) is 81.4 Å². The molecule has 1 atom stereocenters. The summed E-state index contributed by atoms with van der Waals surface area (Å²) < 4.78 is 28.2. The number of amidine groups is 1. The number of benzene rings is 3. The highest BCUT2D eigenvalue weighted by molar-refractivity contribution is 7.89. The normalized spacial score (nSPS) is 17.2. The highest BCUT2D eigenvalue weighted by Crippen LogP contribution is 2.41. The van der Waals surface area contributed by atoms with E-state index in [0.29, 0.717) is 23.7 Å². The zero-order valence-corrected chi connectivity index (χ0v) is 23.2. The lowest BCUT2D eigenvalue weighted by Gasteiger charge is -2.46. The maximum Gasteiger partial charge on any atom is 0.265 e. The topological polar surface area (TPSA) is 49.7 Å². The molecule has 0 N–H and O–H groups in total. The van der Waals surface area contributed by atoms with Crippen LogP contribution in [-0.4, -0.2) is 39.2 Å². The standard InChI is InChI=1S/C29H36N2O2SSi/c1-23-16-18-26(19-17-23)34(32,33)31-21-20-25(30-24(31)2)22-35(29(3,4)5,27-12-8-6-9-13-27)28-14-10-7-11-15-28/h6-19,25H,20-22H2,1-5H3. The first-order valence-corrected chi connectivity index (χ1v) is 16.0. The highest BCUT2D eigenvalue weighted by atomic mass is 32.2. The number of nitrogens with zero attached hydrogens (tertiary/aromatic N) is 2. The fraction of sp³-hybridized carbons (Fsp3) is 0.345. The molecule has 3 aromatic rings. The van der Waals surface area contributed by atoms with E-state index in [0.717, 1.165) is 11.6 Å². The molecule has 184 valence electrons. The third kappa shape index (κ3) is 4.87. The maximum absolute atomic E-state index is 13.4. The molecule has 4 rings (SSSR count). The Morgan fingerprint density at radius 1 is 0.857 bits per heavy atom. The Labute approximate surface area is 211 Å². The average molecular weight is 505 g/mol. The van der Waals surface area contributed by atoms with Gasteiger partial charge < -0.3 is 0 Å². The molecule has 6 heteroatoms. The van der Waals surface area contributed by atoms with Crippen LogP contribution in [0.2, 0.25) is 11.1 Å². The molecule has 35 heavy (non-hydrogen) atoms. The number of rotatable bonds is 6. The lowest BCUT2D eigenvalue weighted by atomic mass is 10.2. The molecule has 4 nitrogen and oxygen atoms in total. The molecule has 0 fully saturated rings. The predicted molar refractivity (Wildman–Crippen MR) is 149 cm³/mol. The third-order valence-electron chi connectivity index (χ3n) is 7.36. The first kappa shape index (κ1) is 25.4.